The lowest BCUT2D eigenvalue weighted by Gasteiger charge is -2.26. The van der Waals surface area contributed by atoms with Gasteiger partial charge in [-0.25, -0.2) is 9.97 Å². The number of ether oxygens (including phenoxy) is 1. The Morgan fingerprint density at radius 1 is 1.26 bits per heavy atom. The summed E-state index contributed by atoms with van der Waals surface area (Å²) >= 11 is 1.75. The first-order valence-corrected chi connectivity index (χ1v) is 10.4. The van der Waals surface area contributed by atoms with E-state index in [4.69, 9.17) is 14.7 Å². The summed E-state index contributed by atoms with van der Waals surface area (Å²) in [5, 5.41) is 4.67. The van der Waals surface area contributed by atoms with Gasteiger partial charge in [0.15, 0.2) is 5.82 Å². The highest BCUT2D eigenvalue weighted by Gasteiger charge is 2.13. The van der Waals surface area contributed by atoms with Crippen LogP contribution in [-0.4, -0.2) is 59.2 Å². The van der Waals surface area contributed by atoms with Crippen molar-refractivity contribution in [1.29, 1.82) is 0 Å². The lowest BCUT2D eigenvalue weighted by molar-refractivity contribution is 0.0378. The van der Waals surface area contributed by atoms with Crippen LogP contribution < -0.4 is 5.32 Å². The van der Waals surface area contributed by atoms with Gasteiger partial charge in [-0.3, -0.25) is 9.88 Å². The predicted molar refractivity (Wildman–Crippen MR) is 110 cm³/mol. The molecule has 142 valence electrons. The Balaban J connectivity index is 1.51. The Bertz CT molecular complexity index is 877. The number of hydrogen-bond acceptors (Lipinski definition) is 7. The first-order chi connectivity index (χ1) is 13.3. The third kappa shape index (κ3) is 4.43. The molecule has 0 unspecified atom stereocenters. The molecular weight excluding hydrogens is 358 g/mol. The van der Waals surface area contributed by atoms with E-state index in [1.54, 1.807) is 17.5 Å². The molecule has 3 aromatic rings. The summed E-state index contributed by atoms with van der Waals surface area (Å²) in [6.45, 7) is 7.93. The highest BCUT2D eigenvalue weighted by molar-refractivity contribution is 7.18. The van der Waals surface area contributed by atoms with Crippen LogP contribution in [0.2, 0.25) is 0 Å². The minimum absolute atomic E-state index is 0.732. The Morgan fingerprint density at radius 2 is 2.15 bits per heavy atom. The van der Waals surface area contributed by atoms with Gasteiger partial charge in [-0.05, 0) is 37.6 Å². The van der Waals surface area contributed by atoms with Gasteiger partial charge in [0, 0.05) is 42.5 Å². The fourth-order valence-corrected chi connectivity index (χ4v) is 4.21. The Kier molecular flexibility index (Phi) is 5.91. The third-order valence-corrected chi connectivity index (χ3v) is 5.93. The first kappa shape index (κ1) is 18.3. The van der Waals surface area contributed by atoms with Crippen LogP contribution in [0.25, 0.3) is 21.6 Å². The number of nitrogens with zero attached hydrogens (tertiary/aromatic N) is 4. The fourth-order valence-electron chi connectivity index (χ4n) is 3.24. The van der Waals surface area contributed by atoms with Crippen LogP contribution in [0.1, 0.15) is 18.2 Å². The molecule has 1 fully saturated rings. The molecule has 0 saturated carbocycles. The molecule has 7 heteroatoms. The molecule has 27 heavy (non-hydrogen) atoms. The Hall–Kier alpha value is -2.09. The number of nitrogens with one attached hydrogen (secondary N) is 1. The van der Waals surface area contributed by atoms with Crippen LogP contribution in [0.3, 0.4) is 0 Å². The second kappa shape index (κ2) is 8.73. The topological polar surface area (TPSA) is 63.2 Å². The lowest BCUT2D eigenvalue weighted by atomic mass is 10.2. The maximum atomic E-state index is 5.41. The monoisotopic (exact) mass is 383 g/mol. The van der Waals surface area contributed by atoms with Crippen molar-refractivity contribution in [2.24, 2.45) is 0 Å². The molecule has 4 rings (SSSR count). The molecule has 1 N–H and O–H groups in total. The van der Waals surface area contributed by atoms with Crippen LogP contribution in [0.5, 0.6) is 0 Å². The maximum absolute atomic E-state index is 5.41. The average Bonchev–Trinajstić information content (AvgIpc) is 3.16. The summed E-state index contributed by atoms with van der Waals surface area (Å²) in [5.74, 6) is 1.66. The van der Waals surface area contributed by atoms with E-state index in [9.17, 15) is 0 Å². The van der Waals surface area contributed by atoms with Crippen LogP contribution in [0.4, 0.5) is 5.82 Å². The van der Waals surface area contributed by atoms with Gasteiger partial charge >= 0.3 is 0 Å². The first-order valence-electron chi connectivity index (χ1n) is 9.58. The second-order valence-electron chi connectivity index (χ2n) is 6.66. The molecule has 6 nitrogen and oxygen atoms in total. The van der Waals surface area contributed by atoms with Gasteiger partial charge in [-0.15, -0.1) is 11.3 Å². The van der Waals surface area contributed by atoms with Crippen molar-refractivity contribution in [1.82, 2.24) is 19.9 Å². The van der Waals surface area contributed by atoms with E-state index in [1.807, 2.05) is 18.3 Å². The molecule has 0 aromatic carbocycles. The van der Waals surface area contributed by atoms with Crippen molar-refractivity contribution < 1.29 is 4.74 Å². The minimum Gasteiger partial charge on any atom is -0.379 e. The number of rotatable bonds is 7. The van der Waals surface area contributed by atoms with Gasteiger partial charge in [0.25, 0.3) is 0 Å². The molecular formula is C20H25N5OS. The SMILES string of the molecule is CCc1cc2c(NCCCN3CCOCC3)nc(-c3cccnc3)nc2s1. The Labute approximate surface area is 163 Å². The summed E-state index contributed by atoms with van der Waals surface area (Å²) in [6, 6.07) is 6.15. The molecule has 3 aromatic heterocycles. The zero-order chi connectivity index (χ0) is 18.5. The van der Waals surface area contributed by atoms with Gasteiger partial charge in [-0.2, -0.15) is 0 Å². The summed E-state index contributed by atoms with van der Waals surface area (Å²) < 4.78 is 5.41. The number of hydrogen-bond donors (Lipinski definition) is 1. The summed E-state index contributed by atoms with van der Waals surface area (Å²) in [4.78, 5) is 18.6. The number of anilines is 1. The largest absolute Gasteiger partial charge is 0.379 e. The van der Waals surface area contributed by atoms with Crippen molar-refractivity contribution in [2.75, 3.05) is 44.7 Å². The van der Waals surface area contributed by atoms with E-state index < -0.39 is 0 Å². The van der Waals surface area contributed by atoms with Crippen molar-refractivity contribution >= 4 is 27.4 Å². The summed E-state index contributed by atoms with van der Waals surface area (Å²) in [6.07, 6.45) is 5.68. The van der Waals surface area contributed by atoms with Crippen LogP contribution in [0.15, 0.2) is 30.6 Å². The van der Waals surface area contributed by atoms with Gasteiger partial charge < -0.3 is 10.1 Å². The van der Waals surface area contributed by atoms with E-state index in [2.05, 4.69) is 28.2 Å². The third-order valence-electron chi connectivity index (χ3n) is 4.76. The van der Waals surface area contributed by atoms with Crippen molar-refractivity contribution in [3.63, 3.8) is 0 Å². The Morgan fingerprint density at radius 3 is 2.93 bits per heavy atom. The van der Waals surface area contributed by atoms with E-state index >= 15 is 0 Å². The number of aryl methyl sites for hydroxylation is 1. The van der Waals surface area contributed by atoms with Crippen molar-refractivity contribution in [3.05, 3.63) is 35.5 Å². The van der Waals surface area contributed by atoms with Crippen molar-refractivity contribution in [3.8, 4) is 11.4 Å². The van der Waals surface area contributed by atoms with Gasteiger partial charge in [0.2, 0.25) is 0 Å². The fraction of sp³-hybridized carbons (Fsp3) is 0.450. The smallest absolute Gasteiger partial charge is 0.164 e. The number of thiophene rings is 1. The standard InChI is InChI=1S/C20H25N5OS/c1-2-16-13-17-19(22-7-4-8-25-9-11-26-12-10-25)23-18(24-20(17)27-16)15-5-3-6-21-14-15/h3,5-6,13-14H,2,4,7-12H2,1H3,(H,22,23,24). The predicted octanol–water partition coefficient (Wildman–Crippen LogP) is 3.45. The zero-order valence-corrected chi connectivity index (χ0v) is 16.5. The van der Waals surface area contributed by atoms with E-state index in [1.165, 1.54) is 4.88 Å². The van der Waals surface area contributed by atoms with Gasteiger partial charge in [0.1, 0.15) is 10.6 Å². The van der Waals surface area contributed by atoms with E-state index in [0.29, 0.717) is 0 Å². The highest BCUT2D eigenvalue weighted by atomic mass is 32.1. The van der Waals surface area contributed by atoms with Crippen LogP contribution >= 0.6 is 11.3 Å². The number of fused-ring (bicyclic) bond motifs is 1. The normalized spacial score (nSPS) is 15.3. The molecule has 0 bridgehead atoms. The summed E-state index contributed by atoms with van der Waals surface area (Å²) in [5.41, 5.74) is 0.946. The molecule has 0 atom stereocenters. The number of morpholine rings is 1. The zero-order valence-electron chi connectivity index (χ0n) is 15.6. The van der Waals surface area contributed by atoms with Crippen molar-refractivity contribution in [2.45, 2.75) is 19.8 Å². The quantitative estimate of drug-likeness (QED) is 0.631. The van der Waals surface area contributed by atoms with Crippen LogP contribution in [-0.2, 0) is 11.2 Å². The highest BCUT2D eigenvalue weighted by Crippen LogP contribution is 2.31. The molecule has 1 aliphatic rings. The van der Waals surface area contributed by atoms with Gasteiger partial charge in [-0.1, -0.05) is 6.92 Å². The second-order valence-corrected chi connectivity index (χ2v) is 7.77. The van der Waals surface area contributed by atoms with E-state index in [-0.39, 0.29) is 0 Å². The molecule has 0 amide bonds. The minimum atomic E-state index is 0.732. The van der Waals surface area contributed by atoms with Crippen LogP contribution in [0, 0.1) is 0 Å². The average molecular weight is 384 g/mol. The van der Waals surface area contributed by atoms with E-state index in [0.717, 1.165) is 79.7 Å². The molecule has 0 radical (unpaired) electrons. The molecule has 1 saturated heterocycles. The maximum Gasteiger partial charge on any atom is 0.164 e. The molecule has 0 spiro atoms. The lowest BCUT2D eigenvalue weighted by Crippen LogP contribution is -2.37. The number of pyridine rings is 1. The molecule has 1 aliphatic heterocycles. The number of aromatic nitrogens is 3. The molecule has 4 heterocycles. The summed E-state index contributed by atoms with van der Waals surface area (Å²) in [7, 11) is 0. The van der Waals surface area contributed by atoms with Gasteiger partial charge in [0.05, 0.1) is 18.6 Å². The molecule has 0 aliphatic carbocycles.